The third-order valence-electron chi connectivity index (χ3n) is 5.31. The van der Waals surface area contributed by atoms with Crippen molar-refractivity contribution in [1.29, 1.82) is 0 Å². The van der Waals surface area contributed by atoms with Gasteiger partial charge in [0, 0.05) is 37.1 Å². The number of allylic oxidation sites excluding steroid dienone is 4. The monoisotopic (exact) mass is 462 g/mol. The Balaban J connectivity index is 1.59. The van der Waals surface area contributed by atoms with E-state index in [1.807, 2.05) is 31.2 Å². The number of nitrogens with one attached hydrogen (secondary N) is 2. The van der Waals surface area contributed by atoms with Gasteiger partial charge in [0.15, 0.2) is 11.0 Å². The molecule has 33 heavy (non-hydrogen) atoms. The van der Waals surface area contributed by atoms with Crippen molar-refractivity contribution in [3.05, 3.63) is 60.3 Å². The van der Waals surface area contributed by atoms with Crippen molar-refractivity contribution in [2.75, 3.05) is 43.4 Å². The van der Waals surface area contributed by atoms with Crippen molar-refractivity contribution in [2.45, 2.75) is 30.3 Å². The van der Waals surface area contributed by atoms with Crippen LogP contribution in [0.15, 0.2) is 64.7 Å². The van der Waals surface area contributed by atoms with Crippen LogP contribution in [0.3, 0.4) is 0 Å². The topological polar surface area (TPSA) is 85.9 Å². The van der Waals surface area contributed by atoms with Crippen LogP contribution in [-0.2, 0) is 0 Å². The lowest BCUT2D eigenvalue weighted by atomic mass is 10.1. The van der Waals surface area contributed by atoms with Crippen LogP contribution in [-0.4, -0.2) is 63.3 Å². The molecule has 1 saturated heterocycles. The molecule has 1 aromatic carbocycles. The molecule has 0 radical (unpaired) electrons. The van der Waals surface area contributed by atoms with Crippen LogP contribution in [0.5, 0.6) is 0 Å². The number of rotatable bonds is 8. The summed E-state index contributed by atoms with van der Waals surface area (Å²) in [6, 6.07) is 12.1. The average molecular weight is 463 g/mol. The summed E-state index contributed by atoms with van der Waals surface area (Å²) in [4.78, 5) is 19.8. The Morgan fingerprint density at radius 3 is 2.64 bits per heavy atom. The van der Waals surface area contributed by atoms with Gasteiger partial charge in [0.05, 0.1) is 5.69 Å². The Bertz CT molecular complexity index is 1100. The number of aromatic amines is 1. The second-order valence-corrected chi connectivity index (χ2v) is 8.83. The van der Waals surface area contributed by atoms with Gasteiger partial charge in [0.2, 0.25) is 11.9 Å². The van der Waals surface area contributed by atoms with Crippen molar-refractivity contribution >= 4 is 35.0 Å². The van der Waals surface area contributed by atoms with E-state index in [2.05, 4.69) is 74.6 Å². The van der Waals surface area contributed by atoms with Crippen molar-refractivity contribution in [3.8, 4) is 0 Å². The van der Waals surface area contributed by atoms with E-state index in [9.17, 15) is 0 Å². The number of nitrogens with zero attached hydrogens (tertiary/aromatic N) is 6. The van der Waals surface area contributed by atoms with Crippen LogP contribution < -0.4 is 10.2 Å². The fourth-order valence-electron chi connectivity index (χ4n) is 3.42. The van der Waals surface area contributed by atoms with Crippen LogP contribution in [0, 0.1) is 0 Å². The maximum Gasteiger partial charge on any atom is 0.234 e. The predicted octanol–water partition coefficient (Wildman–Crippen LogP) is 4.61. The smallest absolute Gasteiger partial charge is 0.234 e. The highest BCUT2D eigenvalue weighted by atomic mass is 32.2. The second-order valence-electron chi connectivity index (χ2n) is 7.79. The second kappa shape index (κ2) is 11.1. The zero-order valence-electron chi connectivity index (χ0n) is 19.3. The molecule has 4 rings (SSSR count). The van der Waals surface area contributed by atoms with E-state index in [1.54, 1.807) is 0 Å². The van der Waals surface area contributed by atoms with Gasteiger partial charge in [-0.1, -0.05) is 43.4 Å². The molecule has 172 valence electrons. The number of piperazine rings is 1. The molecule has 1 fully saturated rings. The van der Waals surface area contributed by atoms with Crippen LogP contribution in [0.25, 0.3) is 5.57 Å². The molecule has 1 aliphatic rings. The summed E-state index contributed by atoms with van der Waals surface area (Å²) in [5.41, 5.74) is 2.03. The van der Waals surface area contributed by atoms with E-state index in [0.29, 0.717) is 22.9 Å². The number of H-pyrrole nitrogens is 1. The average Bonchev–Trinajstić information content (AvgIpc) is 3.29. The van der Waals surface area contributed by atoms with Crippen molar-refractivity contribution in [3.63, 3.8) is 0 Å². The summed E-state index contributed by atoms with van der Waals surface area (Å²) in [6.45, 7) is 7.87. The number of benzene rings is 1. The lowest BCUT2D eigenvalue weighted by molar-refractivity contribution is 0.311. The highest BCUT2D eigenvalue weighted by molar-refractivity contribution is 7.99. The van der Waals surface area contributed by atoms with Crippen LogP contribution in [0.4, 0.5) is 17.7 Å². The van der Waals surface area contributed by atoms with Gasteiger partial charge in [-0.15, -0.1) is 0 Å². The first-order valence-electron chi connectivity index (χ1n) is 11.2. The van der Waals surface area contributed by atoms with E-state index in [0.717, 1.165) is 48.8 Å². The minimum absolute atomic E-state index is 0.488. The van der Waals surface area contributed by atoms with Gasteiger partial charge in [-0.2, -0.15) is 20.1 Å². The first-order chi connectivity index (χ1) is 16.1. The summed E-state index contributed by atoms with van der Waals surface area (Å²) >= 11 is 1.53. The Kier molecular flexibility index (Phi) is 7.74. The van der Waals surface area contributed by atoms with Crippen LogP contribution >= 0.6 is 11.8 Å². The number of anilines is 3. The molecule has 3 aromatic rings. The van der Waals surface area contributed by atoms with E-state index in [1.165, 1.54) is 11.8 Å². The van der Waals surface area contributed by atoms with Gasteiger partial charge in [-0.05, 0) is 49.9 Å². The molecule has 0 unspecified atom stereocenters. The van der Waals surface area contributed by atoms with Crippen LogP contribution in [0.2, 0.25) is 0 Å². The minimum atomic E-state index is 0.488. The molecule has 8 nitrogen and oxygen atoms in total. The number of likely N-dealkylation sites (N-methyl/N-ethyl adjacent to an activating group) is 1. The SMILES string of the molecule is C/C=C(\C=C/CC)c1cc(Nc2nc(Sc3ccccc3)nc(N3CCN(C)CC3)n2)n[nH]1. The maximum absolute atomic E-state index is 4.76. The molecule has 0 atom stereocenters. The molecule has 0 bridgehead atoms. The number of hydrogen-bond donors (Lipinski definition) is 2. The lowest BCUT2D eigenvalue weighted by Crippen LogP contribution is -2.45. The summed E-state index contributed by atoms with van der Waals surface area (Å²) in [6.07, 6.45) is 7.27. The zero-order chi connectivity index (χ0) is 23.0. The summed E-state index contributed by atoms with van der Waals surface area (Å²) in [7, 11) is 2.14. The molecule has 0 aliphatic carbocycles. The molecule has 0 amide bonds. The Labute approximate surface area is 199 Å². The predicted molar refractivity (Wildman–Crippen MR) is 135 cm³/mol. The standard InChI is InChI=1S/C24H30N8S/c1-4-6-10-18(5-2)20-17-21(30-29-20)25-22-26-23(32-15-13-31(3)14-16-32)28-24(27-22)33-19-11-8-7-9-12-19/h5-12,17H,4,13-16H2,1-3H3,(H2,25,26,27,28,29,30)/b10-6-,18-5+. The molecule has 2 N–H and O–H groups in total. The van der Waals surface area contributed by atoms with E-state index >= 15 is 0 Å². The summed E-state index contributed by atoms with van der Waals surface area (Å²) < 4.78 is 0. The largest absolute Gasteiger partial charge is 0.338 e. The summed E-state index contributed by atoms with van der Waals surface area (Å²) in [5, 5.41) is 11.4. The fraction of sp³-hybridized carbons (Fsp3) is 0.333. The van der Waals surface area contributed by atoms with Crippen molar-refractivity contribution in [1.82, 2.24) is 30.0 Å². The highest BCUT2D eigenvalue weighted by Crippen LogP contribution is 2.27. The molecule has 3 heterocycles. The third kappa shape index (κ3) is 6.21. The van der Waals surface area contributed by atoms with Crippen LogP contribution in [0.1, 0.15) is 26.0 Å². The fourth-order valence-corrected chi connectivity index (χ4v) is 4.19. The first kappa shape index (κ1) is 23.0. The Morgan fingerprint density at radius 1 is 1.12 bits per heavy atom. The van der Waals surface area contributed by atoms with Gasteiger partial charge >= 0.3 is 0 Å². The van der Waals surface area contributed by atoms with Crippen molar-refractivity contribution < 1.29 is 0 Å². The van der Waals surface area contributed by atoms with Gasteiger partial charge in [0.25, 0.3) is 0 Å². The van der Waals surface area contributed by atoms with Gasteiger partial charge in [-0.25, -0.2) is 0 Å². The molecule has 2 aromatic heterocycles. The zero-order valence-corrected chi connectivity index (χ0v) is 20.1. The van der Waals surface area contributed by atoms with E-state index in [4.69, 9.17) is 9.97 Å². The van der Waals surface area contributed by atoms with E-state index < -0.39 is 0 Å². The minimum Gasteiger partial charge on any atom is -0.338 e. The quantitative estimate of drug-likeness (QED) is 0.470. The Morgan fingerprint density at radius 2 is 1.91 bits per heavy atom. The van der Waals surface area contributed by atoms with Gasteiger partial charge < -0.3 is 15.1 Å². The molecule has 0 spiro atoms. The number of aromatic nitrogens is 5. The first-order valence-corrected chi connectivity index (χ1v) is 12.0. The Hall–Kier alpha value is -3.17. The third-order valence-corrected chi connectivity index (χ3v) is 6.19. The van der Waals surface area contributed by atoms with Gasteiger partial charge in [-0.3, -0.25) is 5.10 Å². The molecule has 0 saturated carbocycles. The number of hydrogen-bond acceptors (Lipinski definition) is 8. The maximum atomic E-state index is 4.76. The highest BCUT2D eigenvalue weighted by Gasteiger charge is 2.19. The molecule has 9 heteroatoms. The molecule has 1 aliphatic heterocycles. The van der Waals surface area contributed by atoms with Gasteiger partial charge in [0.1, 0.15) is 0 Å². The van der Waals surface area contributed by atoms with Crippen molar-refractivity contribution in [2.24, 2.45) is 0 Å². The van der Waals surface area contributed by atoms with E-state index in [-0.39, 0.29) is 0 Å². The normalized spacial score (nSPS) is 15.4. The molecular weight excluding hydrogens is 432 g/mol. The summed E-state index contributed by atoms with van der Waals surface area (Å²) in [5.74, 6) is 1.84. The molecular formula is C24H30N8S. The lowest BCUT2D eigenvalue weighted by Gasteiger charge is -2.32.